The number of hydrogen-bond donors (Lipinski definition) is 2. The Hall–Kier alpha value is -3.75. The highest BCUT2D eigenvalue weighted by Gasteiger charge is 2.13. The highest BCUT2D eigenvalue weighted by Crippen LogP contribution is 2.29. The van der Waals surface area contributed by atoms with Crippen LogP contribution in [0.4, 0.5) is 21.9 Å². The fourth-order valence-corrected chi connectivity index (χ4v) is 2.49. The highest BCUT2D eigenvalue weighted by molar-refractivity contribution is 6.01. The van der Waals surface area contributed by atoms with Gasteiger partial charge in [-0.2, -0.15) is 0 Å². The number of nitrogens with zero attached hydrogens (tertiary/aromatic N) is 3. The van der Waals surface area contributed by atoms with Crippen LogP contribution in [0.25, 0.3) is 11.0 Å². The van der Waals surface area contributed by atoms with E-state index in [-0.39, 0.29) is 11.4 Å². The molecule has 2 N–H and O–H groups in total. The molecule has 0 radical (unpaired) electrons. The number of methoxy groups -OCH3 is 1. The zero-order valence-corrected chi connectivity index (χ0v) is 14.9. The third-order valence-corrected chi connectivity index (χ3v) is 3.98. The smallest absolute Gasteiger partial charge is 0.323 e. The molecule has 0 atom stereocenters. The zero-order valence-electron chi connectivity index (χ0n) is 14.9. The third kappa shape index (κ3) is 3.92. The number of urea groups is 1. The first-order valence-electron chi connectivity index (χ1n) is 8.03. The molecule has 3 aromatic rings. The summed E-state index contributed by atoms with van der Waals surface area (Å²) >= 11 is 0. The fraction of sp³-hybridized carbons (Fsp3) is 0.167. The maximum Gasteiger partial charge on any atom is 0.323 e. The maximum atomic E-state index is 12.3. The van der Waals surface area contributed by atoms with Gasteiger partial charge in [0.25, 0.3) is 5.69 Å². The Kier molecular flexibility index (Phi) is 4.84. The molecule has 0 bridgehead atoms. The van der Waals surface area contributed by atoms with Gasteiger partial charge in [0.2, 0.25) is 0 Å². The molecule has 0 saturated carbocycles. The monoisotopic (exact) mass is 367 g/mol. The first kappa shape index (κ1) is 18.1. The molecule has 0 spiro atoms. The average Bonchev–Trinajstić information content (AvgIpc) is 2.63. The quantitative estimate of drug-likeness (QED) is 0.534. The molecule has 2 amide bonds. The van der Waals surface area contributed by atoms with Crippen molar-refractivity contribution in [2.75, 3.05) is 17.7 Å². The second kappa shape index (κ2) is 7.24. The Labute approximate surface area is 154 Å². The molecule has 0 aliphatic rings. The maximum absolute atomic E-state index is 12.3. The number of non-ortho nitro benzene ring substituents is 1. The van der Waals surface area contributed by atoms with E-state index < -0.39 is 11.0 Å². The minimum Gasteiger partial charge on any atom is -0.494 e. The summed E-state index contributed by atoms with van der Waals surface area (Å²) in [6.07, 6.45) is 0. The minimum atomic E-state index is -0.536. The molecule has 0 fully saturated rings. The largest absolute Gasteiger partial charge is 0.494 e. The van der Waals surface area contributed by atoms with Gasteiger partial charge < -0.3 is 15.4 Å². The number of nitro groups is 1. The van der Waals surface area contributed by atoms with Gasteiger partial charge in [-0.25, -0.2) is 14.8 Å². The Morgan fingerprint density at radius 3 is 2.41 bits per heavy atom. The normalized spacial score (nSPS) is 10.5. The number of anilines is 2. The lowest BCUT2D eigenvalue weighted by molar-refractivity contribution is -0.384. The Bertz CT molecular complexity index is 1050. The first-order chi connectivity index (χ1) is 12.9. The van der Waals surface area contributed by atoms with Crippen LogP contribution < -0.4 is 15.4 Å². The van der Waals surface area contributed by atoms with Gasteiger partial charge in [0.05, 0.1) is 46.2 Å². The number of nitrogens with one attached hydrogen (secondary N) is 2. The Morgan fingerprint density at radius 1 is 1.04 bits per heavy atom. The molecule has 138 valence electrons. The molecule has 9 nitrogen and oxygen atoms in total. The van der Waals surface area contributed by atoms with Crippen molar-refractivity contribution in [2.45, 2.75) is 13.8 Å². The number of amides is 2. The van der Waals surface area contributed by atoms with Crippen molar-refractivity contribution in [3.8, 4) is 5.75 Å². The van der Waals surface area contributed by atoms with Gasteiger partial charge in [-0.1, -0.05) is 0 Å². The third-order valence-electron chi connectivity index (χ3n) is 3.98. The summed E-state index contributed by atoms with van der Waals surface area (Å²) in [4.78, 5) is 31.5. The molecule has 0 aliphatic carbocycles. The van der Waals surface area contributed by atoms with Crippen molar-refractivity contribution >= 4 is 34.1 Å². The number of carbonyl (C=O) groups excluding carboxylic acids is 1. The number of rotatable bonds is 4. The van der Waals surface area contributed by atoms with Crippen molar-refractivity contribution in [3.63, 3.8) is 0 Å². The van der Waals surface area contributed by atoms with E-state index in [0.717, 1.165) is 16.9 Å². The predicted molar refractivity (Wildman–Crippen MR) is 101 cm³/mol. The number of ether oxygens (including phenoxy) is 1. The van der Waals surface area contributed by atoms with E-state index in [9.17, 15) is 14.9 Å². The van der Waals surface area contributed by atoms with E-state index >= 15 is 0 Å². The minimum absolute atomic E-state index is 0.128. The van der Waals surface area contributed by atoms with Crippen LogP contribution in [0.3, 0.4) is 0 Å². The fourth-order valence-electron chi connectivity index (χ4n) is 2.49. The van der Waals surface area contributed by atoms with Gasteiger partial charge >= 0.3 is 6.03 Å². The Morgan fingerprint density at radius 2 is 1.74 bits per heavy atom. The van der Waals surface area contributed by atoms with Crippen LogP contribution in [0.5, 0.6) is 5.75 Å². The van der Waals surface area contributed by atoms with Gasteiger partial charge in [0.15, 0.2) is 0 Å². The molecule has 27 heavy (non-hydrogen) atoms. The number of nitro benzene ring substituents is 1. The molecule has 9 heteroatoms. The summed E-state index contributed by atoms with van der Waals surface area (Å²) in [6.45, 7) is 3.76. The number of hydrogen-bond acceptors (Lipinski definition) is 6. The van der Waals surface area contributed by atoms with E-state index in [0.29, 0.717) is 16.9 Å². The molecule has 2 aromatic carbocycles. The number of benzene rings is 2. The van der Waals surface area contributed by atoms with Crippen LogP contribution in [0.2, 0.25) is 0 Å². The molecule has 0 aliphatic heterocycles. The lowest BCUT2D eigenvalue weighted by atomic mass is 10.2. The van der Waals surface area contributed by atoms with Crippen molar-refractivity contribution < 1.29 is 14.5 Å². The molecular weight excluding hydrogens is 350 g/mol. The molecule has 1 aromatic heterocycles. The predicted octanol–water partition coefficient (Wildman–Crippen LogP) is 3.81. The van der Waals surface area contributed by atoms with Crippen molar-refractivity contribution in [1.29, 1.82) is 0 Å². The summed E-state index contributed by atoms with van der Waals surface area (Å²) in [5.74, 6) is 0.190. The lowest BCUT2D eigenvalue weighted by Crippen LogP contribution is -2.19. The van der Waals surface area contributed by atoms with Crippen molar-refractivity contribution in [2.24, 2.45) is 0 Å². The van der Waals surface area contributed by atoms with E-state index in [1.165, 1.54) is 25.3 Å². The van der Waals surface area contributed by atoms with E-state index in [1.807, 2.05) is 13.8 Å². The molecular formula is C18H17N5O4. The van der Waals surface area contributed by atoms with Gasteiger partial charge in [-0.3, -0.25) is 10.1 Å². The summed E-state index contributed by atoms with van der Waals surface area (Å²) in [6, 6.07) is 8.64. The molecule has 3 rings (SSSR count). The topological polar surface area (TPSA) is 119 Å². The molecule has 1 heterocycles. The van der Waals surface area contributed by atoms with E-state index in [2.05, 4.69) is 20.6 Å². The number of aromatic nitrogens is 2. The second-order valence-electron chi connectivity index (χ2n) is 5.82. The highest BCUT2D eigenvalue weighted by atomic mass is 16.6. The van der Waals surface area contributed by atoms with Gasteiger partial charge in [-0.15, -0.1) is 0 Å². The van der Waals surface area contributed by atoms with Gasteiger partial charge in [-0.05, 0) is 38.1 Å². The molecule has 0 saturated heterocycles. The number of carbonyl (C=O) groups is 1. The summed E-state index contributed by atoms with van der Waals surface area (Å²) in [7, 11) is 1.37. The first-order valence-corrected chi connectivity index (χ1v) is 8.03. The summed E-state index contributed by atoms with van der Waals surface area (Å²) in [5, 5.41) is 16.1. The standard InChI is InChI=1S/C18H17N5O4/c1-10-11(2)20-16-8-12(4-6-14(16)19-10)21-18(24)22-15-7-5-13(23(25)26)9-17(15)27-3/h4-9H,1-3H3,(H2,21,22,24). The zero-order chi connectivity index (χ0) is 19.6. The summed E-state index contributed by atoms with van der Waals surface area (Å²) < 4.78 is 5.10. The van der Waals surface area contributed by atoms with Gasteiger partial charge in [0.1, 0.15) is 5.75 Å². The van der Waals surface area contributed by atoms with Crippen LogP contribution in [0, 0.1) is 24.0 Å². The van der Waals surface area contributed by atoms with E-state index in [1.54, 1.807) is 18.2 Å². The van der Waals surface area contributed by atoms with Crippen molar-refractivity contribution in [3.05, 3.63) is 57.9 Å². The van der Waals surface area contributed by atoms with Crippen LogP contribution >= 0.6 is 0 Å². The number of aryl methyl sites for hydroxylation is 2. The van der Waals surface area contributed by atoms with Crippen LogP contribution in [0.15, 0.2) is 36.4 Å². The lowest BCUT2D eigenvalue weighted by Gasteiger charge is -2.11. The van der Waals surface area contributed by atoms with Crippen LogP contribution in [-0.2, 0) is 0 Å². The Balaban J connectivity index is 1.79. The second-order valence-corrected chi connectivity index (χ2v) is 5.82. The van der Waals surface area contributed by atoms with Crippen molar-refractivity contribution in [1.82, 2.24) is 9.97 Å². The summed E-state index contributed by atoms with van der Waals surface area (Å²) in [5.41, 5.74) is 3.80. The van der Waals surface area contributed by atoms with Crippen LogP contribution in [-0.4, -0.2) is 28.0 Å². The average molecular weight is 367 g/mol. The molecule has 0 unspecified atom stereocenters. The SMILES string of the molecule is COc1cc([N+](=O)[O-])ccc1NC(=O)Nc1ccc2nc(C)c(C)nc2c1. The van der Waals surface area contributed by atoms with Crippen LogP contribution in [0.1, 0.15) is 11.4 Å². The number of fused-ring (bicyclic) bond motifs is 1. The van der Waals surface area contributed by atoms with E-state index in [4.69, 9.17) is 4.74 Å². The van der Waals surface area contributed by atoms with Gasteiger partial charge in [0, 0.05) is 11.8 Å².